The molecule has 1 atom stereocenters. The molecule has 0 unspecified atom stereocenters. The molecule has 0 amide bonds. The monoisotopic (exact) mass is 555 g/mol. The lowest BCUT2D eigenvalue weighted by molar-refractivity contribution is -0.141. The third kappa shape index (κ3) is 6.73. The molecule has 1 fully saturated rings. The standard InChI is InChI=1S/C30H32F3N3O4/c1-40-21-4-5-25-22(15-21)28(20(17-34)18-35-25)26(37)6-7-30(16-27(38)39)8-11-36(12-9-30)10-2-3-19-13-23(31)29(33)24(32)14-19/h4-5,13-15,18,26,37H,6-12,16-17,34H2,1H3,(H,38,39)/t26-/m0/s1. The Morgan fingerprint density at radius 3 is 2.52 bits per heavy atom. The van der Waals surface area contributed by atoms with Crippen molar-refractivity contribution in [3.05, 3.63) is 70.7 Å². The maximum absolute atomic E-state index is 13.4. The highest BCUT2D eigenvalue weighted by molar-refractivity contribution is 5.85. The van der Waals surface area contributed by atoms with Gasteiger partial charge >= 0.3 is 5.97 Å². The predicted octanol–water partition coefficient (Wildman–Crippen LogP) is 4.54. The summed E-state index contributed by atoms with van der Waals surface area (Å²) in [7, 11) is 1.56. The molecule has 3 aromatic rings. The average molecular weight is 556 g/mol. The molecule has 7 nitrogen and oxygen atoms in total. The first-order valence-corrected chi connectivity index (χ1v) is 13.1. The van der Waals surface area contributed by atoms with Gasteiger partial charge in [0.1, 0.15) is 5.75 Å². The minimum Gasteiger partial charge on any atom is -0.497 e. The average Bonchev–Trinajstić information content (AvgIpc) is 2.94. The number of ether oxygens (including phenoxy) is 1. The number of aliphatic carboxylic acids is 1. The summed E-state index contributed by atoms with van der Waals surface area (Å²) in [5, 5.41) is 21.7. The van der Waals surface area contributed by atoms with E-state index in [2.05, 4.69) is 16.8 Å². The second-order valence-corrected chi connectivity index (χ2v) is 10.2. The zero-order chi connectivity index (χ0) is 28.9. The minimum absolute atomic E-state index is 0.0258. The Morgan fingerprint density at radius 1 is 1.20 bits per heavy atom. The van der Waals surface area contributed by atoms with Crippen molar-refractivity contribution in [2.24, 2.45) is 11.1 Å². The van der Waals surface area contributed by atoms with Crippen LogP contribution in [0, 0.1) is 34.7 Å². The van der Waals surface area contributed by atoms with Crippen LogP contribution < -0.4 is 10.5 Å². The van der Waals surface area contributed by atoms with Crippen LogP contribution >= 0.6 is 0 Å². The minimum atomic E-state index is -1.53. The van der Waals surface area contributed by atoms with Crippen LogP contribution in [0.2, 0.25) is 0 Å². The largest absolute Gasteiger partial charge is 0.497 e. The van der Waals surface area contributed by atoms with E-state index in [-0.39, 0.29) is 18.5 Å². The van der Waals surface area contributed by atoms with Crippen molar-refractivity contribution < 1.29 is 32.9 Å². The molecule has 2 heterocycles. The number of nitrogens with two attached hydrogens (primary N) is 1. The molecule has 0 bridgehead atoms. The molecule has 1 aliphatic rings. The van der Waals surface area contributed by atoms with E-state index < -0.39 is 34.9 Å². The third-order valence-electron chi connectivity index (χ3n) is 7.66. The highest BCUT2D eigenvalue weighted by Crippen LogP contribution is 2.42. The molecule has 0 radical (unpaired) electrons. The van der Waals surface area contributed by atoms with Crippen LogP contribution in [0.1, 0.15) is 54.9 Å². The maximum Gasteiger partial charge on any atom is 0.303 e. The molecule has 0 spiro atoms. The van der Waals surface area contributed by atoms with Crippen molar-refractivity contribution in [1.29, 1.82) is 0 Å². The van der Waals surface area contributed by atoms with E-state index in [1.807, 2.05) is 17.0 Å². The fourth-order valence-electron chi connectivity index (χ4n) is 5.41. The zero-order valence-corrected chi connectivity index (χ0v) is 22.2. The molecule has 0 aliphatic carbocycles. The van der Waals surface area contributed by atoms with Crippen molar-refractivity contribution in [2.45, 2.75) is 44.8 Å². The summed E-state index contributed by atoms with van der Waals surface area (Å²) in [5.41, 5.74) is 7.59. The number of likely N-dealkylation sites (tertiary alicyclic amines) is 1. The van der Waals surface area contributed by atoms with Crippen molar-refractivity contribution in [1.82, 2.24) is 9.88 Å². The summed E-state index contributed by atoms with van der Waals surface area (Å²) < 4.78 is 45.4. The summed E-state index contributed by atoms with van der Waals surface area (Å²) in [6, 6.07) is 7.13. The number of pyridine rings is 1. The summed E-state index contributed by atoms with van der Waals surface area (Å²) in [5.74, 6) is 1.13. The van der Waals surface area contributed by atoms with Crippen LogP contribution in [0.15, 0.2) is 36.5 Å². The van der Waals surface area contributed by atoms with Gasteiger partial charge in [0.15, 0.2) is 17.5 Å². The van der Waals surface area contributed by atoms with Crippen LogP contribution in [-0.4, -0.2) is 52.8 Å². The molecule has 1 aromatic heterocycles. The Hall–Kier alpha value is -3.65. The summed E-state index contributed by atoms with van der Waals surface area (Å²) >= 11 is 0. The number of piperidine rings is 1. The molecule has 0 saturated carbocycles. The Morgan fingerprint density at radius 2 is 1.90 bits per heavy atom. The first kappa shape index (κ1) is 29.3. The van der Waals surface area contributed by atoms with E-state index in [4.69, 9.17) is 10.5 Å². The Bertz CT molecular complexity index is 1420. The molecule has 212 valence electrons. The van der Waals surface area contributed by atoms with Gasteiger partial charge in [0.05, 0.1) is 31.7 Å². The third-order valence-corrected chi connectivity index (χ3v) is 7.66. The summed E-state index contributed by atoms with van der Waals surface area (Å²) in [6.45, 7) is 1.67. The normalized spacial score (nSPS) is 15.8. The number of methoxy groups -OCH3 is 1. The van der Waals surface area contributed by atoms with Crippen molar-refractivity contribution in [3.8, 4) is 17.6 Å². The highest BCUT2D eigenvalue weighted by Gasteiger charge is 2.37. The second kappa shape index (κ2) is 12.7. The molecule has 2 aromatic carbocycles. The SMILES string of the molecule is COc1ccc2ncc(CN)c([C@@H](O)CCC3(CC(=O)O)CCN(CC#Cc4cc(F)c(F)c(F)c4)CC3)c2c1. The molecular weight excluding hydrogens is 523 g/mol. The molecule has 10 heteroatoms. The van der Waals surface area contributed by atoms with E-state index in [0.29, 0.717) is 62.1 Å². The van der Waals surface area contributed by atoms with Crippen molar-refractivity contribution >= 4 is 16.9 Å². The van der Waals surface area contributed by atoms with Crippen LogP contribution in [0.5, 0.6) is 5.75 Å². The number of aliphatic hydroxyl groups excluding tert-OH is 1. The van der Waals surface area contributed by atoms with E-state index in [9.17, 15) is 28.2 Å². The molecule has 1 aliphatic heterocycles. The Labute approximate surface area is 230 Å². The van der Waals surface area contributed by atoms with E-state index in [1.54, 1.807) is 19.4 Å². The van der Waals surface area contributed by atoms with Crippen LogP contribution in [-0.2, 0) is 11.3 Å². The van der Waals surface area contributed by atoms with Gasteiger partial charge in [-0.25, -0.2) is 13.2 Å². The number of carbonyl (C=O) groups is 1. The number of carboxylic acids is 1. The number of aromatic nitrogens is 1. The number of aliphatic hydroxyl groups is 1. The van der Waals surface area contributed by atoms with E-state index >= 15 is 0 Å². The summed E-state index contributed by atoms with van der Waals surface area (Å²) in [6.07, 6.45) is 2.77. The van der Waals surface area contributed by atoms with Gasteiger partial charge in [-0.3, -0.25) is 14.7 Å². The Kier molecular flexibility index (Phi) is 9.30. The van der Waals surface area contributed by atoms with E-state index in [1.165, 1.54) is 0 Å². The van der Waals surface area contributed by atoms with Gasteiger partial charge in [0, 0.05) is 23.7 Å². The van der Waals surface area contributed by atoms with Gasteiger partial charge in [-0.05, 0) is 85.6 Å². The highest BCUT2D eigenvalue weighted by atomic mass is 19.2. The first-order valence-electron chi connectivity index (χ1n) is 13.1. The van der Waals surface area contributed by atoms with Crippen LogP contribution in [0.3, 0.4) is 0 Å². The van der Waals surface area contributed by atoms with Crippen molar-refractivity contribution in [2.75, 3.05) is 26.7 Å². The number of nitrogens with zero attached hydrogens (tertiary/aromatic N) is 2. The van der Waals surface area contributed by atoms with Crippen molar-refractivity contribution in [3.63, 3.8) is 0 Å². The van der Waals surface area contributed by atoms with E-state index in [0.717, 1.165) is 23.1 Å². The quantitative estimate of drug-likeness (QED) is 0.263. The molecular formula is C30H32F3N3O4. The topological polar surface area (TPSA) is 109 Å². The van der Waals surface area contributed by atoms with Crippen LogP contribution in [0.25, 0.3) is 10.9 Å². The number of hydrogen-bond acceptors (Lipinski definition) is 6. The van der Waals surface area contributed by atoms with Gasteiger partial charge < -0.3 is 20.7 Å². The maximum atomic E-state index is 13.4. The summed E-state index contributed by atoms with van der Waals surface area (Å²) in [4.78, 5) is 18.3. The molecule has 40 heavy (non-hydrogen) atoms. The number of fused-ring (bicyclic) bond motifs is 1. The van der Waals surface area contributed by atoms with Gasteiger partial charge in [0.2, 0.25) is 0 Å². The Balaban J connectivity index is 1.45. The smallest absolute Gasteiger partial charge is 0.303 e. The molecule has 1 saturated heterocycles. The van der Waals surface area contributed by atoms with Gasteiger partial charge in [0.25, 0.3) is 0 Å². The fraction of sp³-hybridized carbons (Fsp3) is 0.400. The number of halogens is 3. The number of hydrogen-bond donors (Lipinski definition) is 3. The van der Waals surface area contributed by atoms with Gasteiger partial charge in [-0.1, -0.05) is 11.8 Å². The van der Waals surface area contributed by atoms with Gasteiger partial charge in [-0.2, -0.15) is 0 Å². The number of rotatable bonds is 9. The second-order valence-electron chi connectivity index (χ2n) is 10.2. The predicted molar refractivity (Wildman–Crippen MR) is 144 cm³/mol. The number of benzene rings is 2. The fourth-order valence-corrected chi connectivity index (χ4v) is 5.41. The van der Waals surface area contributed by atoms with Crippen LogP contribution in [0.4, 0.5) is 13.2 Å². The molecule has 4 N–H and O–H groups in total. The lowest BCUT2D eigenvalue weighted by atomic mass is 9.71. The zero-order valence-electron chi connectivity index (χ0n) is 22.2. The first-order chi connectivity index (χ1) is 19.1. The lowest BCUT2D eigenvalue weighted by Crippen LogP contribution is -2.41. The van der Waals surface area contributed by atoms with Gasteiger partial charge in [-0.15, -0.1) is 0 Å². The number of carboxylic acid groups (broad SMARTS) is 1. The lowest BCUT2D eigenvalue weighted by Gasteiger charge is -2.41. The molecule has 4 rings (SSSR count).